The van der Waals surface area contributed by atoms with E-state index in [2.05, 4.69) is 0 Å². The van der Waals surface area contributed by atoms with Crippen molar-refractivity contribution in [1.29, 1.82) is 0 Å². The maximum atomic E-state index is 12.1. The number of carboxylic acid groups (broad SMARTS) is 1. The molecule has 0 fully saturated rings. The van der Waals surface area contributed by atoms with E-state index in [9.17, 15) is 14.7 Å². The van der Waals surface area contributed by atoms with Gasteiger partial charge in [-0.3, -0.25) is 4.79 Å². The number of methoxy groups -OCH3 is 1. The summed E-state index contributed by atoms with van der Waals surface area (Å²) in [7, 11) is 3.00. The van der Waals surface area contributed by atoms with Crippen LogP contribution >= 0.6 is 0 Å². The molecule has 0 aliphatic carbocycles. The number of urea groups is 1. The molecule has 0 aromatic carbocycles. The molecule has 0 aliphatic rings. The third-order valence-electron chi connectivity index (χ3n) is 2.74. The minimum absolute atomic E-state index is 0.188. The zero-order chi connectivity index (χ0) is 14.3. The molecular weight excluding hydrogens is 240 g/mol. The van der Waals surface area contributed by atoms with Gasteiger partial charge in [-0.25, -0.2) is 4.79 Å². The molecule has 7 nitrogen and oxygen atoms in total. The van der Waals surface area contributed by atoms with E-state index in [1.165, 1.54) is 24.0 Å². The molecule has 2 N–H and O–H groups in total. The van der Waals surface area contributed by atoms with Gasteiger partial charge >= 0.3 is 12.0 Å². The van der Waals surface area contributed by atoms with Gasteiger partial charge in [0.05, 0.1) is 18.8 Å². The Labute approximate surface area is 107 Å². The lowest BCUT2D eigenvalue weighted by atomic mass is 10.1. The van der Waals surface area contributed by atoms with Crippen molar-refractivity contribution in [2.24, 2.45) is 0 Å². The molecule has 0 bridgehead atoms. The summed E-state index contributed by atoms with van der Waals surface area (Å²) in [6.45, 7) is 3.23. The van der Waals surface area contributed by atoms with Gasteiger partial charge in [0.2, 0.25) is 0 Å². The van der Waals surface area contributed by atoms with Crippen LogP contribution in [0.4, 0.5) is 4.79 Å². The van der Waals surface area contributed by atoms with E-state index in [4.69, 9.17) is 9.84 Å². The maximum absolute atomic E-state index is 12.1. The number of carbonyl (C=O) groups excluding carboxylic acids is 1. The zero-order valence-electron chi connectivity index (χ0n) is 11.3. The molecule has 0 saturated heterocycles. The largest absolute Gasteiger partial charge is 0.480 e. The Kier molecular flexibility index (Phi) is 6.64. The first-order valence-electron chi connectivity index (χ1n) is 5.60. The number of carboxylic acids is 1. The van der Waals surface area contributed by atoms with Crippen molar-refractivity contribution in [3.8, 4) is 0 Å². The summed E-state index contributed by atoms with van der Waals surface area (Å²) in [6, 6.07) is -0.450. The SMILES string of the molecule is COCCN(CC(=O)O)C(=O)N(C)C(C)(C)CO. The number of hydrogen-bond acceptors (Lipinski definition) is 4. The van der Waals surface area contributed by atoms with Crippen LogP contribution in [0.1, 0.15) is 13.8 Å². The first kappa shape index (κ1) is 16.7. The summed E-state index contributed by atoms with van der Waals surface area (Å²) >= 11 is 0. The van der Waals surface area contributed by atoms with Crippen LogP contribution in [0.25, 0.3) is 0 Å². The Morgan fingerprint density at radius 2 is 1.89 bits per heavy atom. The molecule has 0 rings (SSSR count). The normalized spacial score (nSPS) is 11.2. The maximum Gasteiger partial charge on any atom is 0.323 e. The lowest BCUT2D eigenvalue weighted by Crippen LogP contribution is -2.54. The number of aliphatic hydroxyl groups excluding tert-OH is 1. The number of aliphatic carboxylic acids is 1. The van der Waals surface area contributed by atoms with Crippen LogP contribution in [-0.2, 0) is 9.53 Å². The topological polar surface area (TPSA) is 90.3 Å². The number of nitrogens with zero attached hydrogens (tertiary/aromatic N) is 2. The van der Waals surface area contributed by atoms with E-state index in [0.29, 0.717) is 0 Å². The van der Waals surface area contributed by atoms with Crippen molar-refractivity contribution >= 4 is 12.0 Å². The Bertz CT molecular complexity index is 293. The predicted molar refractivity (Wildman–Crippen MR) is 65.4 cm³/mol. The van der Waals surface area contributed by atoms with Crippen molar-refractivity contribution in [2.75, 3.05) is 40.5 Å². The van der Waals surface area contributed by atoms with Gasteiger partial charge in [0.15, 0.2) is 0 Å². The van der Waals surface area contributed by atoms with E-state index >= 15 is 0 Å². The summed E-state index contributed by atoms with van der Waals surface area (Å²) in [6.07, 6.45) is 0. The van der Waals surface area contributed by atoms with Gasteiger partial charge in [-0.15, -0.1) is 0 Å². The molecule has 0 aromatic heterocycles. The van der Waals surface area contributed by atoms with Crippen LogP contribution < -0.4 is 0 Å². The fourth-order valence-electron chi connectivity index (χ4n) is 1.18. The van der Waals surface area contributed by atoms with Crippen LogP contribution in [0, 0.1) is 0 Å². The van der Waals surface area contributed by atoms with Gasteiger partial charge in [-0.05, 0) is 13.8 Å². The molecule has 18 heavy (non-hydrogen) atoms. The first-order valence-corrected chi connectivity index (χ1v) is 5.60. The van der Waals surface area contributed by atoms with Crippen molar-refractivity contribution < 1.29 is 24.5 Å². The molecule has 106 valence electrons. The van der Waals surface area contributed by atoms with E-state index in [-0.39, 0.29) is 19.8 Å². The van der Waals surface area contributed by atoms with E-state index < -0.39 is 24.1 Å². The standard InChI is InChI=1S/C11H22N2O5/c1-11(2,8-14)12(3)10(17)13(5-6-18-4)7-9(15)16/h14H,5-8H2,1-4H3,(H,15,16). The van der Waals surface area contributed by atoms with Crippen LogP contribution in [-0.4, -0.2) is 78.0 Å². The predicted octanol–water partition coefficient (Wildman–Crippen LogP) is -0.158. The number of rotatable bonds is 7. The second-order valence-electron chi connectivity index (χ2n) is 4.62. The van der Waals surface area contributed by atoms with Crippen LogP contribution in [0.5, 0.6) is 0 Å². The highest BCUT2D eigenvalue weighted by Crippen LogP contribution is 2.13. The Morgan fingerprint density at radius 3 is 2.28 bits per heavy atom. The molecule has 0 aliphatic heterocycles. The lowest BCUT2D eigenvalue weighted by Gasteiger charge is -2.37. The molecule has 0 heterocycles. The lowest BCUT2D eigenvalue weighted by molar-refractivity contribution is -0.138. The minimum atomic E-state index is -1.09. The Hall–Kier alpha value is -1.34. The van der Waals surface area contributed by atoms with Crippen molar-refractivity contribution in [3.05, 3.63) is 0 Å². The summed E-state index contributed by atoms with van der Waals surface area (Å²) in [5.74, 6) is -1.09. The third kappa shape index (κ3) is 4.89. The number of aliphatic hydroxyl groups is 1. The second kappa shape index (κ2) is 7.17. The highest BCUT2D eigenvalue weighted by molar-refractivity contribution is 5.80. The molecule has 0 spiro atoms. The number of amides is 2. The second-order valence-corrected chi connectivity index (χ2v) is 4.62. The van der Waals surface area contributed by atoms with Crippen LogP contribution in [0.15, 0.2) is 0 Å². The first-order chi connectivity index (χ1) is 8.26. The summed E-state index contributed by atoms with van der Waals surface area (Å²) in [5, 5.41) is 18.0. The number of ether oxygens (including phenoxy) is 1. The molecule has 2 amide bonds. The fraction of sp³-hybridized carbons (Fsp3) is 0.818. The van der Waals surface area contributed by atoms with Gasteiger partial charge in [-0.2, -0.15) is 0 Å². The fourth-order valence-corrected chi connectivity index (χ4v) is 1.18. The minimum Gasteiger partial charge on any atom is -0.480 e. The highest BCUT2D eigenvalue weighted by Gasteiger charge is 2.30. The molecule has 0 atom stereocenters. The number of likely N-dealkylation sites (N-methyl/N-ethyl adjacent to an activating group) is 1. The van der Waals surface area contributed by atoms with Gasteiger partial charge in [0.25, 0.3) is 0 Å². The molecule has 7 heteroatoms. The molecule has 0 saturated carbocycles. The van der Waals surface area contributed by atoms with E-state index in [1.54, 1.807) is 13.8 Å². The van der Waals surface area contributed by atoms with E-state index in [0.717, 1.165) is 0 Å². The van der Waals surface area contributed by atoms with Gasteiger partial charge in [0, 0.05) is 20.7 Å². The molecule has 0 unspecified atom stereocenters. The monoisotopic (exact) mass is 262 g/mol. The van der Waals surface area contributed by atoms with Gasteiger partial charge in [0.1, 0.15) is 6.54 Å². The molecule has 0 aromatic rings. The van der Waals surface area contributed by atoms with Gasteiger partial charge in [-0.1, -0.05) is 0 Å². The molecule has 0 radical (unpaired) electrons. The Balaban J connectivity index is 4.77. The van der Waals surface area contributed by atoms with E-state index in [1.807, 2.05) is 0 Å². The van der Waals surface area contributed by atoms with Crippen LogP contribution in [0.2, 0.25) is 0 Å². The average molecular weight is 262 g/mol. The zero-order valence-corrected chi connectivity index (χ0v) is 11.3. The average Bonchev–Trinajstić information content (AvgIpc) is 2.32. The smallest absolute Gasteiger partial charge is 0.323 e. The van der Waals surface area contributed by atoms with Crippen molar-refractivity contribution in [1.82, 2.24) is 9.80 Å². The third-order valence-corrected chi connectivity index (χ3v) is 2.74. The Morgan fingerprint density at radius 1 is 1.33 bits per heavy atom. The number of hydrogen-bond donors (Lipinski definition) is 2. The van der Waals surface area contributed by atoms with Gasteiger partial charge < -0.3 is 24.7 Å². The summed E-state index contributed by atoms with van der Waals surface area (Å²) in [4.78, 5) is 25.3. The summed E-state index contributed by atoms with van der Waals surface area (Å²) in [5.41, 5.74) is -0.749. The quantitative estimate of drug-likeness (QED) is 0.665. The number of carbonyl (C=O) groups is 2. The van der Waals surface area contributed by atoms with Crippen LogP contribution in [0.3, 0.4) is 0 Å². The van der Waals surface area contributed by atoms with Crippen molar-refractivity contribution in [3.63, 3.8) is 0 Å². The molecular formula is C11H22N2O5. The summed E-state index contributed by atoms with van der Waals surface area (Å²) < 4.78 is 4.84. The van der Waals surface area contributed by atoms with Crippen molar-refractivity contribution in [2.45, 2.75) is 19.4 Å². The highest BCUT2D eigenvalue weighted by atomic mass is 16.5.